The molecule has 1 saturated heterocycles. The monoisotopic (exact) mass is 294 g/mol. The molecule has 2 N–H and O–H groups in total. The summed E-state index contributed by atoms with van der Waals surface area (Å²) >= 11 is 0. The summed E-state index contributed by atoms with van der Waals surface area (Å²) in [6, 6.07) is 16.1. The molecule has 1 unspecified atom stereocenters. The topological polar surface area (TPSA) is 58.2 Å². The van der Waals surface area contributed by atoms with Crippen LogP contribution >= 0.6 is 0 Å². The molecule has 1 aliphatic heterocycles. The molecule has 1 amide bonds. The van der Waals surface area contributed by atoms with Crippen molar-refractivity contribution >= 4 is 17.4 Å². The van der Waals surface area contributed by atoms with Gasteiger partial charge < -0.3 is 10.6 Å². The maximum atomic E-state index is 12.6. The molecule has 0 spiro atoms. The van der Waals surface area contributed by atoms with E-state index >= 15 is 0 Å². The van der Waals surface area contributed by atoms with Crippen molar-refractivity contribution in [3.8, 4) is 0 Å². The van der Waals surface area contributed by atoms with E-state index in [0.29, 0.717) is 16.8 Å². The third kappa shape index (κ3) is 3.07. The van der Waals surface area contributed by atoms with Gasteiger partial charge in [0.25, 0.3) is 0 Å². The first-order chi connectivity index (χ1) is 10.8. The second-order valence-electron chi connectivity index (χ2n) is 5.38. The number of benzene rings is 2. The fourth-order valence-electron chi connectivity index (χ4n) is 2.66. The van der Waals surface area contributed by atoms with E-state index < -0.39 is 0 Å². The third-order valence-electron chi connectivity index (χ3n) is 3.84. The molecule has 0 bridgehead atoms. The highest BCUT2D eigenvalue weighted by Gasteiger charge is 2.23. The van der Waals surface area contributed by atoms with Crippen LogP contribution in [-0.4, -0.2) is 24.3 Å². The van der Waals surface area contributed by atoms with Crippen LogP contribution in [0, 0.1) is 0 Å². The molecule has 1 fully saturated rings. The van der Waals surface area contributed by atoms with Gasteiger partial charge in [0.05, 0.1) is 11.7 Å². The molecular formula is C18H18N2O2. The van der Waals surface area contributed by atoms with E-state index in [4.69, 9.17) is 0 Å². The van der Waals surface area contributed by atoms with Crippen LogP contribution in [0.15, 0.2) is 54.6 Å². The minimum absolute atomic E-state index is 0.0780. The van der Waals surface area contributed by atoms with Crippen LogP contribution in [0.2, 0.25) is 0 Å². The summed E-state index contributed by atoms with van der Waals surface area (Å²) in [6.45, 7) is 0.864. The van der Waals surface area contributed by atoms with Gasteiger partial charge in [-0.2, -0.15) is 0 Å². The fourth-order valence-corrected chi connectivity index (χ4v) is 2.66. The Hall–Kier alpha value is -2.46. The van der Waals surface area contributed by atoms with Gasteiger partial charge in [0, 0.05) is 11.1 Å². The molecule has 1 atom stereocenters. The standard InChI is InChI=1S/C18H18N2O2/c21-17(13-7-2-1-3-8-13)14-9-4-5-10-15(14)20-18(22)16-11-6-12-19-16/h1-5,7-10,16,19H,6,11-12H2,(H,20,22). The molecule has 0 radical (unpaired) electrons. The number of rotatable bonds is 4. The van der Waals surface area contributed by atoms with Gasteiger partial charge in [-0.25, -0.2) is 0 Å². The summed E-state index contributed by atoms with van der Waals surface area (Å²) in [4.78, 5) is 24.8. The summed E-state index contributed by atoms with van der Waals surface area (Å²) < 4.78 is 0. The summed E-state index contributed by atoms with van der Waals surface area (Å²) in [5.41, 5.74) is 1.69. The second kappa shape index (κ2) is 6.54. The fraction of sp³-hybridized carbons (Fsp3) is 0.222. The van der Waals surface area contributed by atoms with Crippen LogP contribution in [-0.2, 0) is 4.79 Å². The van der Waals surface area contributed by atoms with Crippen molar-refractivity contribution in [1.82, 2.24) is 5.32 Å². The minimum Gasteiger partial charge on any atom is -0.324 e. The smallest absolute Gasteiger partial charge is 0.241 e. The van der Waals surface area contributed by atoms with Gasteiger partial charge in [-0.1, -0.05) is 42.5 Å². The lowest BCUT2D eigenvalue weighted by atomic mass is 10.0. The van der Waals surface area contributed by atoms with Gasteiger partial charge in [-0.3, -0.25) is 9.59 Å². The predicted octanol–water partition coefficient (Wildman–Crippen LogP) is 2.61. The van der Waals surface area contributed by atoms with Gasteiger partial charge in [0.15, 0.2) is 5.78 Å². The Morgan fingerprint density at radius 1 is 1.00 bits per heavy atom. The van der Waals surface area contributed by atoms with Crippen molar-refractivity contribution < 1.29 is 9.59 Å². The quantitative estimate of drug-likeness (QED) is 0.852. The predicted molar refractivity (Wildman–Crippen MR) is 86.0 cm³/mol. The Morgan fingerprint density at radius 2 is 1.73 bits per heavy atom. The van der Waals surface area contributed by atoms with Gasteiger partial charge in [-0.05, 0) is 31.5 Å². The van der Waals surface area contributed by atoms with E-state index in [2.05, 4.69) is 10.6 Å². The number of hydrogen-bond acceptors (Lipinski definition) is 3. The van der Waals surface area contributed by atoms with Gasteiger partial charge in [-0.15, -0.1) is 0 Å². The molecule has 4 nitrogen and oxygen atoms in total. The highest BCUT2D eigenvalue weighted by Crippen LogP contribution is 2.20. The minimum atomic E-state index is -0.167. The van der Waals surface area contributed by atoms with Crippen LogP contribution in [0.3, 0.4) is 0 Å². The van der Waals surface area contributed by atoms with Crippen molar-refractivity contribution in [2.45, 2.75) is 18.9 Å². The molecule has 1 aliphatic rings. The highest BCUT2D eigenvalue weighted by atomic mass is 16.2. The van der Waals surface area contributed by atoms with E-state index in [1.165, 1.54) is 0 Å². The average molecular weight is 294 g/mol. The number of anilines is 1. The number of para-hydroxylation sites is 1. The zero-order chi connectivity index (χ0) is 15.4. The third-order valence-corrected chi connectivity index (χ3v) is 3.84. The Balaban J connectivity index is 1.83. The maximum Gasteiger partial charge on any atom is 0.241 e. The number of nitrogens with one attached hydrogen (secondary N) is 2. The number of carbonyl (C=O) groups excluding carboxylic acids is 2. The zero-order valence-corrected chi connectivity index (χ0v) is 12.2. The Kier molecular flexibility index (Phi) is 4.30. The van der Waals surface area contributed by atoms with E-state index in [-0.39, 0.29) is 17.7 Å². The maximum absolute atomic E-state index is 12.6. The number of amides is 1. The first-order valence-electron chi connectivity index (χ1n) is 7.49. The summed E-state index contributed by atoms with van der Waals surface area (Å²) in [6.07, 6.45) is 1.84. The molecule has 112 valence electrons. The van der Waals surface area contributed by atoms with Crippen molar-refractivity contribution in [1.29, 1.82) is 0 Å². The lowest BCUT2D eigenvalue weighted by Crippen LogP contribution is -2.35. The molecular weight excluding hydrogens is 276 g/mol. The number of ketones is 1. The van der Waals surface area contributed by atoms with Crippen molar-refractivity contribution in [3.63, 3.8) is 0 Å². The average Bonchev–Trinajstić information content (AvgIpc) is 3.10. The summed E-state index contributed by atoms with van der Waals surface area (Å²) in [5, 5.41) is 6.04. The van der Waals surface area contributed by atoms with E-state index in [1.807, 2.05) is 24.3 Å². The summed E-state index contributed by atoms with van der Waals surface area (Å²) in [7, 11) is 0. The van der Waals surface area contributed by atoms with Gasteiger partial charge in [0.2, 0.25) is 5.91 Å². The molecule has 22 heavy (non-hydrogen) atoms. The Bertz CT molecular complexity index is 676. The van der Waals surface area contributed by atoms with Crippen molar-refractivity contribution in [2.75, 3.05) is 11.9 Å². The van der Waals surface area contributed by atoms with E-state index in [1.54, 1.807) is 30.3 Å². The largest absolute Gasteiger partial charge is 0.324 e. The summed E-state index contributed by atoms with van der Waals surface area (Å²) in [5.74, 6) is -0.165. The number of carbonyl (C=O) groups is 2. The lowest BCUT2D eigenvalue weighted by Gasteiger charge is -2.14. The normalized spacial score (nSPS) is 17.2. The van der Waals surface area contributed by atoms with Crippen LogP contribution in [0.25, 0.3) is 0 Å². The first kappa shape index (κ1) is 14.5. The molecule has 3 rings (SSSR count). The molecule has 0 saturated carbocycles. The highest BCUT2D eigenvalue weighted by molar-refractivity contribution is 6.14. The van der Waals surface area contributed by atoms with E-state index in [9.17, 15) is 9.59 Å². The first-order valence-corrected chi connectivity index (χ1v) is 7.49. The zero-order valence-electron chi connectivity index (χ0n) is 12.2. The van der Waals surface area contributed by atoms with Crippen LogP contribution in [0.1, 0.15) is 28.8 Å². The second-order valence-corrected chi connectivity index (χ2v) is 5.38. The Labute approximate surface area is 129 Å². The van der Waals surface area contributed by atoms with Crippen LogP contribution in [0.5, 0.6) is 0 Å². The van der Waals surface area contributed by atoms with Crippen LogP contribution < -0.4 is 10.6 Å². The SMILES string of the molecule is O=C(c1ccccc1)c1ccccc1NC(=O)C1CCCN1. The van der Waals surface area contributed by atoms with E-state index in [0.717, 1.165) is 19.4 Å². The molecule has 2 aromatic carbocycles. The van der Waals surface area contributed by atoms with Crippen molar-refractivity contribution in [2.24, 2.45) is 0 Å². The molecule has 0 aliphatic carbocycles. The number of hydrogen-bond donors (Lipinski definition) is 2. The van der Waals surface area contributed by atoms with Gasteiger partial charge in [0.1, 0.15) is 0 Å². The van der Waals surface area contributed by atoms with Crippen molar-refractivity contribution in [3.05, 3.63) is 65.7 Å². The molecule has 1 heterocycles. The lowest BCUT2D eigenvalue weighted by molar-refractivity contribution is -0.117. The Morgan fingerprint density at radius 3 is 2.45 bits per heavy atom. The van der Waals surface area contributed by atoms with Crippen LogP contribution in [0.4, 0.5) is 5.69 Å². The molecule has 4 heteroatoms. The molecule has 2 aromatic rings. The molecule has 0 aromatic heterocycles. The van der Waals surface area contributed by atoms with Gasteiger partial charge >= 0.3 is 0 Å².